The predicted octanol–water partition coefficient (Wildman–Crippen LogP) is 14.0. The Morgan fingerprint density at radius 1 is 0.448 bits per heavy atom. The molecule has 1 heterocycles. The molecule has 58 heavy (non-hydrogen) atoms. The van der Waals surface area contributed by atoms with Gasteiger partial charge < -0.3 is 4.42 Å². The number of fused-ring (bicyclic) bond motifs is 5. The van der Waals surface area contributed by atoms with Crippen LogP contribution in [0, 0.1) is 0 Å². The Kier molecular flexibility index (Phi) is 9.05. The summed E-state index contributed by atoms with van der Waals surface area (Å²) >= 11 is 0. The van der Waals surface area contributed by atoms with E-state index in [2.05, 4.69) is 176 Å². The minimum Gasteiger partial charge on any atom is -0.455 e. The Labute approximate surface area is 336 Å². The molecule has 10 rings (SSSR count). The molecule has 0 spiro atoms. The first kappa shape index (κ1) is 34.8. The van der Waals surface area contributed by atoms with Gasteiger partial charge in [0.15, 0.2) is 11.7 Å². The van der Waals surface area contributed by atoms with Crippen molar-refractivity contribution in [3.8, 4) is 33.4 Å². The van der Waals surface area contributed by atoms with E-state index < -0.39 is 0 Å². The highest BCUT2D eigenvalue weighted by molar-refractivity contribution is 6.19. The van der Waals surface area contributed by atoms with E-state index in [0.29, 0.717) is 18.2 Å². The van der Waals surface area contributed by atoms with Crippen LogP contribution in [0.4, 0.5) is 0 Å². The number of hydrogen-bond acceptors (Lipinski definition) is 2. The van der Waals surface area contributed by atoms with Crippen molar-refractivity contribution in [2.45, 2.75) is 6.54 Å². The second kappa shape index (κ2) is 15.1. The molecule has 0 N–H and O–H groups in total. The largest absolute Gasteiger partial charge is 0.455 e. The van der Waals surface area contributed by atoms with Crippen LogP contribution in [0.1, 0.15) is 16.7 Å². The zero-order valence-corrected chi connectivity index (χ0v) is 31.7. The van der Waals surface area contributed by atoms with E-state index in [-0.39, 0.29) is 0 Å². The first-order valence-corrected chi connectivity index (χ1v) is 19.5. The van der Waals surface area contributed by atoms with Gasteiger partial charge in [0.25, 0.3) is 0 Å². The zero-order chi connectivity index (χ0) is 38.8. The van der Waals surface area contributed by atoms with Crippen LogP contribution in [0.2, 0.25) is 0 Å². The molecule has 9 aromatic carbocycles. The summed E-state index contributed by atoms with van der Waals surface area (Å²) in [5.41, 5.74) is 11.3. The molecule has 10 aromatic rings. The summed E-state index contributed by atoms with van der Waals surface area (Å²) in [4.78, 5) is 14.5. The van der Waals surface area contributed by atoms with E-state index in [1.165, 1.54) is 27.3 Å². The monoisotopic (exact) mass is 743 g/mol. The molecule has 0 aliphatic rings. The van der Waals surface area contributed by atoms with Crippen molar-refractivity contribution in [3.05, 3.63) is 217 Å². The molecule has 274 valence electrons. The number of rotatable bonds is 7. The fraction of sp³-hybridized carbons (Fsp3) is 0.0185. The van der Waals surface area contributed by atoms with Crippen molar-refractivity contribution in [1.29, 1.82) is 0 Å². The van der Waals surface area contributed by atoms with Crippen LogP contribution < -0.4 is 0 Å². The lowest BCUT2D eigenvalue weighted by Gasteiger charge is -2.10. The number of amidine groups is 2. The van der Waals surface area contributed by atoms with E-state index in [0.717, 1.165) is 66.3 Å². The summed E-state index contributed by atoms with van der Waals surface area (Å²) in [5, 5.41) is 6.98. The minimum atomic E-state index is 0.453. The van der Waals surface area contributed by atoms with Crippen LogP contribution in [-0.2, 0) is 6.54 Å². The van der Waals surface area contributed by atoms with E-state index in [1.807, 2.05) is 36.4 Å². The summed E-state index contributed by atoms with van der Waals surface area (Å²) in [6.45, 7) is 4.32. The van der Waals surface area contributed by atoms with Gasteiger partial charge in [0, 0.05) is 27.5 Å². The van der Waals surface area contributed by atoms with Crippen LogP contribution in [0.25, 0.3) is 76.9 Å². The third-order valence-electron chi connectivity index (χ3n) is 10.9. The predicted molar refractivity (Wildman–Crippen MR) is 244 cm³/mol. The number of benzene rings is 9. The fourth-order valence-corrected chi connectivity index (χ4v) is 7.86. The highest BCUT2D eigenvalue weighted by atomic mass is 16.3. The van der Waals surface area contributed by atoms with E-state index in [4.69, 9.17) is 14.4 Å². The molecule has 0 aliphatic heterocycles. The van der Waals surface area contributed by atoms with Crippen molar-refractivity contribution in [2.75, 3.05) is 0 Å². The van der Waals surface area contributed by atoms with Gasteiger partial charge in [-0.25, -0.2) is 9.98 Å². The standard InChI is InChI=1S/C54H37N3O/c1-55-53(41-15-6-3-7-16-41)57-54(56-35-36-20-22-38(23-21-36)46-29-24-37-12-8-9-17-43(37)32-46)42-27-25-40(26-28-42)47-30-31-48(39-13-4-2-5-14-39)52-51(47)49-33-44-18-10-11-19-45(44)34-50(49)58-52/h2-34H,1,35H2. The Morgan fingerprint density at radius 3 is 1.74 bits per heavy atom. The Hall–Kier alpha value is -7.69. The van der Waals surface area contributed by atoms with Crippen molar-refractivity contribution in [3.63, 3.8) is 0 Å². The maximum atomic E-state index is 6.74. The van der Waals surface area contributed by atoms with Gasteiger partial charge >= 0.3 is 0 Å². The van der Waals surface area contributed by atoms with Crippen molar-refractivity contribution < 1.29 is 4.42 Å². The summed E-state index contributed by atoms with van der Waals surface area (Å²) in [5.74, 6) is 1.10. The Bertz CT molecular complexity index is 3180. The lowest BCUT2D eigenvalue weighted by Crippen LogP contribution is -2.05. The molecule has 0 radical (unpaired) electrons. The van der Waals surface area contributed by atoms with Gasteiger partial charge in [-0.05, 0) is 85.9 Å². The van der Waals surface area contributed by atoms with Crippen LogP contribution in [-0.4, -0.2) is 18.4 Å². The van der Waals surface area contributed by atoms with Gasteiger partial charge in [0.1, 0.15) is 11.2 Å². The van der Waals surface area contributed by atoms with Crippen LogP contribution in [0.5, 0.6) is 0 Å². The lowest BCUT2D eigenvalue weighted by molar-refractivity contribution is 0.670. The number of furan rings is 1. The second-order valence-corrected chi connectivity index (χ2v) is 14.5. The fourth-order valence-electron chi connectivity index (χ4n) is 7.86. The van der Waals surface area contributed by atoms with Gasteiger partial charge in [-0.15, -0.1) is 0 Å². The van der Waals surface area contributed by atoms with Crippen LogP contribution in [0.3, 0.4) is 0 Å². The highest BCUT2D eigenvalue weighted by Gasteiger charge is 2.18. The lowest BCUT2D eigenvalue weighted by atomic mass is 9.93. The third kappa shape index (κ3) is 6.67. The number of nitrogens with zero attached hydrogens (tertiary/aromatic N) is 3. The summed E-state index contributed by atoms with van der Waals surface area (Å²) in [6.07, 6.45) is 0. The Balaban J connectivity index is 1.04. The van der Waals surface area contributed by atoms with Crippen molar-refractivity contribution in [2.24, 2.45) is 15.0 Å². The third-order valence-corrected chi connectivity index (χ3v) is 10.9. The quantitative estimate of drug-likeness (QED) is 0.118. The van der Waals surface area contributed by atoms with Crippen LogP contribution in [0.15, 0.2) is 220 Å². The van der Waals surface area contributed by atoms with Crippen molar-refractivity contribution in [1.82, 2.24) is 0 Å². The Morgan fingerprint density at radius 2 is 1.02 bits per heavy atom. The topological polar surface area (TPSA) is 50.2 Å². The number of hydrogen-bond donors (Lipinski definition) is 0. The molecular formula is C54H37N3O. The number of aliphatic imine (C=N–C) groups is 3. The molecule has 4 nitrogen and oxygen atoms in total. The normalized spacial score (nSPS) is 12.1. The highest BCUT2D eigenvalue weighted by Crippen LogP contribution is 2.43. The van der Waals surface area contributed by atoms with Gasteiger partial charge in [-0.3, -0.25) is 4.99 Å². The smallest absolute Gasteiger partial charge is 0.161 e. The van der Waals surface area contributed by atoms with Crippen molar-refractivity contribution >= 4 is 61.9 Å². The molecule has 0 saturated heterocycles. The van der Waals surface area contributed by atoms with E-state index in [1.54, 1.807) is 0 Å². The molecular weight excluding hydrogens is 707 g/mol. The maximum absolute atomic E-state index is 6.74. The van der Waals surface area contributed by atoms with E-state index in [9.17, 15) is 0 Å². The van der Waals surface area contributed by atoms with E-state index >= 15 is 0 Å². The molecule has 0 atom stereocenters. The second-order valence-electron chi connectivity index (χ2n) is 14.5. The molecule has 0 unspecified atom stereocenters. The average Bonchev–Trinajstić information content (AvgIpc) is 3.67. The summed E-state index contributed by atoms with van der Waals surface area (Å²) in [6, 6.07) is 69.8. The molecule has 0 fully saturated rings. The first-order chi connectivity index (χ1) is 28.7. The molecule has 0 bridgehead atoms. The van der Waals surface area contributed by atoms with Gasteiger partial charge in [0.05, 0.1) is 6.54 Å². The molecule has 0 saturated carbocycles. The summed E-state index contributed by atoms with van der Waals surface area (Å²) in [7, 11) is 0. The van der Waals surface area contributed by atoms with Gasteiger partial charge in [-0.2, -0.15) is 0 Å². The molecule has 1 aromatic heterocycles. The van der Waals surface area contributed by atoms with Crippen LogP contribution >= 0.6 is 0 Å². The van der Waals surface area contributed by atoms with Gasteiger partial charge in [0.2, 0.25) is 0 Å². The van der Waals surface area contributed by atoms with Gasteiger partial charge in [-0.1, -0.05) is 176 Å². The average molecular weight is 744 g/mol. The molecule has 0 aliphatic carbocycles. The first-order valence-electron chi connectivity index (χ1n) is 19.5. The molecule has 0 amide bonds. The summed E-state index contributed by atoms with van der Waals surface area (Å²) < 4.78 is 6.74. The maximum Gasteiger partial charge on any atom is 0.161 e. The zero-order valence-electron chi connectivity index (χ0n) is 31.7. The SMILES string of the molecule is C=NC(=NC(=NCc1ccc(-c2ccc3ccccc3c2)cc1)c1ccc(-c2ccc(-c3ccccc3)c3oc4cc5ccccc5cc4c23)cc1)c1ccccc1. The molecule has 4 heteroatoms. The minimum absolute atomic E-state index is 0.453.